The van der Waals surface area contributed by atoms with Crippen LogP contribution in [0.1, 0.15) is 25.0 Å². The van der Waals surface area contributed by atoms with E-state index in [0.29, 0.717) is 11.3 Å². The topological polar surface area (TPSA) is 34.1 Å². The minimum Gasteiger partial charge on any atom is -0.369 e. The molecule has 2 atom stereocenters. The first kappa shape index (κ1) is 10.9. The first-order chi connectivity index (χ1) is 7.25. The predicted molar refractivity (Wildman–Crippen MR) is 60.0 cm³/mol. The van der Waals surface area contributed by atoms with Crippen LogP contribution in [-0.2, 0) is 4.74 Å². The SMILES string of the molecule is C[C@@H](O[C@@H]1CCNC1)c1ccc(Cl)nc1. The van der Waals surface area contributed by atoms with Gasteiger partial charge in [0.2, 0.25) is 0 Å². The molecule has 82 valence electrons. The van der Waals surface area contributed by atoms with Crippen LogP contribution in [0.25, 0.3) is 0 Å². The number of nitrogens with one attached hydrogen (secondary N) is 1. The molecule has 1 N–H and O–H groups in total. The van der Waals surface area contributed by atoms with Crippen LogP contribution in [-0.4, -0.2) is 24.2 Å². The summed E-state index contributed by atoms with van der Waals surface area (Å²) in [5, 5.41) is 3.80. The predicted octanol–water partition coefficient (Wildman–Crippen LogP) is 2.17. The lowest BCUT2D eigenvalue weighted by molar-refractivity contribution is 0.00812. The van der Waals surface area contributed by atoms with Crippen LogP contribution in [0.3, 0.4) is 0 Å². The lowest BCUT2D eigenvalue weighted by atomic mass is 10.2. The van der Waals surface area contributed by atoms with Gasteiger partial charge in [0.15, 0.2) is 0 Å². The maximum Gasteiger partial charge on any atom is 0.129 e. The molecule has 0 unspecified atom stereocenters. The third-order valence-corrected chi connectivity index (χ3v) is 2.85. The molecule has 1 aromatic rings. The van der Waals surface area contributed by atoms with Crippen molar-refractivity contribution in [3.05, 3.63) is 29.0 Å². The number of hydrogen-bond donors (Lipinski definition) is 1. The Morgan fingerprint density at radius 2 is 2.47 bits per heavy atom. The van der Waals surface area contributed by atoms with Crippen LogP contribution in [0.4, 0.5) is 0 Å². The molecule has 1 aromatic heterocycles. The van der Waals surface area contributed by atoms with Gasteiger partial charge in [0.1, 0.15) is 5.15 Å². The summed E-state index contributed by atoms with van der Waals surface area (Å²) < 4.78 is 5.89. The maximum absolute atomic E-state index is 5.89. The summed E-state index contributed by atoms with van der Waals surface area (Å²) in [5.74, 6) is 0. The van der Waals surface area contributed by atoms with Crippen LogP contribution in [0, 0.1) is 0 Å². The van der Waals surface area contributed by atoms with E-state index in [9.17, 15) is 0 Å². The van der Waals surface area contributed by atoms with Crippen LogP contribution >= 0.6 is 11.6 Å². The van der Waals surface area contributed by atoms with Gasteiger partial charge in [0, 0.05) is 12.7 Å². The molecule has 0 amide bonds. The second-order valence-corrected chi connectivity index (χ2v) is 4.19. The van der Waals surface area contributed by atoms with E-state index in [1.165, 1.54) is 0 Å². The Bertz CT molecular complexity index is 309. The van der Waals surface area contributed by atoms with Gasteiger partial charge in [-0.1, -0.05) is 17.7 Å². The summed E-state index contributed by atoms with van der Waals surface area (Å²) in [7, 11) is 0. The van der Waals surface area contributed by atoms with Crippen molar-refractivity contribution in [3.63, 3.8) is 0 Å². The molecule has 0 aliphatic carbocycles. The Balaban J connectivity index is 1.94. The van der Waals surface area contributed by atoms with Gasteiger partial charge >= 0.3 is 0 Å². The van der Waals surface area contributed by atoms with Gasteiger partial charge in [-0.3, -0.25) is 0 Å². The molecule has 3 nitrogen and oxygen atoms in total. The first-order valence-corrected chi connectivity index (χ1v) is 5.61. The van der Waals surface area contributed by atoms with Crippen molar-refractivity contribution in [1.29, 1.82) is 0 Å². The van der Waals surface area contributed by atoms with Gasteiger partial charge in [-0.25, -0.2) is 4.98 Å². The van der Waals surface area contributed by atoms with E-state index in [4.69, 9.17) is 16.3 Å². The molecule has 1 saturated heterocycles. The molecule has 15 heavy (non-hydrogen) atoms. The highest BCUT2D eigenvalue weighted by molar-refractivity contribution is 6.29. The van der Waals surface area contributed by atoms with Gasteiger partial charge < -0.3 is 10.1 Å². The van der Waals surface area contributed by atoms with Crippen molar-refractivity contribution in [2.45, 2.75) is 25.6 Å². The molecule has 1 aliphatic rings. The maximum atomic E-state index is 5.89. The summed E-state index contributed by atoms with van der Waals surface area (Å²) in [6.07, 6.45) is 3.27. The molecule has 2 rings (SSSR count). The fourth-order valence-electron chi connectivity index (χ4n) is 1.74. The van der Waals surface area contributed by atoms with Crippen molar-refractivity contribution in [3.8, 4) is 0 Å². The third-order valence-electron chi connectivity index (χ3n) is 2.63. The molecule has 0 radical (unpaired) electrons. The van der Waals surface area contributed by atoms with Gasteiger partial charge in [0.05, 0.1) is 12.2 Å². The zero-order chi connectivity index (χ0) is 10.7. The molecule has 0 bridgehead atoms. The van der Waals surface area contributed by atoms with E-state index in [-0.39, 0.29) is 6.10 Å². The van der Waals surface area contributed by atoms with E-state index >= 15 is 0 Å². The minimum absolute atomic E-state index is 0.0830. The Kier molecular flexibility index (Phi) is 3.57. The first-order valence-electron chi connectivity index (χ1n) is 5.23. The third kappa shape index (κ3) is 2.91. The number of rotatable bonds is 3. The molecule has 2 heterocycles. The van der Waals surface area contributed by atoms with E-state index in [0.717, 1.165) is 25.1 Å². The van der Waals surface area contributed by atoms with Crippen LogP contribution in [0.5, 0.6) is 0 Å². The fourth-order valence-corrected chi connectivity index (χ4v) is 1.85. The monoisotopic (exact) mass is 226 g/mol. The van der Waals surface area contributed by atoms with E-state index in [2.05, 4.69) is 10.3 Å². The highest BCUT2D eigenvalue weighted by Crippen LogP contribution is 2.20. The summed E-state index contributed by atoms with van der Waals surface area (Å²) >= 11 is 5.72. The van der Waals surface area contributed by atoms with E-state index < -0.39 is 0 Å². The summed E-state index contributed by atoms with van der Waals surface area (Å²) in [4.78, 5) is 4.04. The Morgan fingerprint density at radius 1 is 1.60 bits per heavy atom. The molecule has 1 aliphatic heterocycles. The number of pyridine rings is 1. The lowest BCUT2D eigenvalue weighted by Crippen LogP contribution is -2.18. The van der Waals surface area contributed by atoms with Crippen molar-refractivity contribution < 1.29 is 4.74 Å². The molecule has 4 heteroatoms. The average molecular weight is 227 g/mol. The highest BCUT2D eigenvalue weighted by Gasteiger charge is 2.18. The Hall–Kier alpha value is -0.640. The second kappa shape index (κ2) is 4.92. The average Bonchev–Trinajstić information content (AvgIpc) is 2.71. The van der Waals surface area contributed by atoms with E-state index in [1.807, 2.05) is 13.0 Å². The van der Waals surface area contributed by atoms with Crippen LogP contribution in [0.15, 0.2) is 18.3 Å². The van der Waals surface area contributed by atoms with Crippen molar-refractivity contribution in [2.24, 2.45) is 0 Å². The number of aromatic nitrogens is 1. The van der Waals surface area contributed by atoms with Crippen LogP contribution < -0.4 is 5.32 Å². The minimum atomic E-state index is 0.0830. The van der Waals surface area contributed by atoms with Crippen molar-refractivity contribution in [2.75, 3.05) is 13.1 Å². The smallest absolute Gasteiger partial charge is 0.129 e. The summed E-state index contributed by atoms with van der Waals surface area (Å²) in [6.45, 7) is 4.05. The second-order valence-electron chi connectivity index (χ2n) is 3.81. The Morgan fingerprint density at radius 3 is 3.07 bits per heavy atom. The zero-order valence-corrected chi connectivity index (χ0v) is 9.50. The lowest BCUT2D eigenvalue weighted by Gasteiger charge is -2.17. The summed E-state index contributed by atoms with van der Waals surface area (Å²) in [5.41, 5.74) is 1.08. The van der Waals surface area contributed by atoms with Gasteiger partial charge in [0.25, 0.3) is 0 Å². The van der Waals surface area contributed by atoms with Crippen molar-refractivity contribution in [1.82, 2.24) is 10.3 Å². The zero-order valence-electron chi connectivity index (χ0n) is 8.74. The van der Waals surface area contributed by atoms with Crippen LogP contribution in [0.2, 0.25) is 5.15 Å². The largest absolute Gasteiger partial charge is 0.369 e. The number of nitrogens with zero attached hydrogens (tertiary/aromatic N) is 1. The quantitative estimate of drug-likeness (QED) is 0.803. The highest BCUT2D eigenvalue weighted by atomic mass is 35.5. The number of ether oxygens (including phenoxy) is 1. The van der Waals surface area contributed by atoms with Gasteiger partial charge in [-0.05, 0) is 31.5 Å². The normalized spacial score (nSPS) is 22.9. The standard InChI is InChI=1S/C11H15ClN2O/c1-8(15-10-4-5-13-7-10)9-2-3-11(12)14-6-9/h2-3,6,8,10,13H,4-5,7H2,1H3/t8-,10-/m1/s1. The fraction of sp³-hybridized carbons (Fsp3) is 0.545. The molecule has 0 saturated carbocycles. The van der Waals surface area contributed by atoms with Gasteiger partial charge in [-0.15, -0.1) is 0 Å². The molecule has 1 fully saturated rings. The molecular formula is C11H15ClN2O. The number of hydrogen-bond acceptors (Lipinski definition) is 3. The van der Waals surface area contributed by atoms with Crippen molar-refractivity contribution >= 4 is 11.6 Å². The molecule has 0 aromatic carbocycles. The van der Waals surface area contributed by atoms with E-state index in [1.54, 1.807) is 12.3 Å². The Labute approximate surface area is 94.8 Å². The molecule has 0 spiro atoms. The van der Waals surface area contributed by atoms with Gasteiger partial charge in [-0.2, -0.15) is 0 Å². The summed E-state index contributed by atoms with van der Waals surface area (Å²) in [6, 6.07) is 3.76. The molecular weight excluding hydrogens is 212 g/mol. The number of halogens is 1.